The van der Waals surface area contributed by atoms with Crippen LogP contribution < -0.4 is 10.1 Å². The zero-order chi connectivity index (χ0) is 29.1. The Morgan fingerprint density at radius 1 is 1.22 bits per heavy atom. The highest BCUT2D eigenvalue weighted by atomic mass is 35.5. The SMILES string of the molecule is COc1cccc([C@@H](C)NC(=O)[C@@H]([C@H](C)O)N2Cc3ccc(-c4nc(CC5CCOCC5)ncc4Cl)cc3C2=O)c1. The van der Waals surface area contributed by atoms with Gasteiger partial charge in [0.1, 0.15) is 17.6 Å². The van der Waals surface area contributed by atoms with Crippen LogP contribution >= 0.6 is 11.6 Å². The van der Waals surface area contributed by atoms with Crippen LogP contribution in [-0.4, -0.2) is 64.3 Å². The van der Waals surface area contributed by atoms with E-state index in [4.69, 9.17) is 26.1 Å². The van der Waals surface area contributed by atoms with Crippen LogP contribution in [0.5, 0.6) is 5.75 Å². The fourth-order valence-corrected chi connectivity index (χ4v) is 5.72. The number of halogens is 1. The molecule has 2 aromatic carbocycles. The monoisotopic (exact) mass is 578 g/mol. The van der Waals surface area contributed by atoms with Crippen LogP contribution in [0.3, 0.4) is 0 Å². The summed E-state index contributed by atoms with van der Waals surface area (Å²) in [7, 11) is 1.58. The Morgan fingerprint density at radius 2 is 2.00 bits per heavy atom. The molecule has 2 aliphatic heterocycles. The highest BCUT2D eigenvalue weighted by molar-refractivity contribution is 6.32. The minimum Gasteiger partial charge on any atom is -0.497 e. The summed E-state index contributed by atoms with van der Waals surface area (Å²) in [6.07, 6.45) is 3.21. The predicted molar refractivity (Wildman–Crippen MR) is 155 cm³/mol. The van der Waals surface area contributed by atoms with Gasteiger partial charge in [-0.05, 0) is 61.9 Å². The lowest BCUT2D eigenvalue weighted by atomic mass is 9.96. The second-order valence-corrected chi connectivity index (χ2v) is 11.1. The van der Waals surface area contributed by atoms with Gasteiger partial charge in [-0.15, -0.1) is 0 Å². The third kappa shape index (κ3) is 6.37. The number of fused-ring (bicyclic) bond motifs is 1. The molecule has 5 rings (SSSR count). The van der Waals surface area contributed by atoms with Crippen molar-refractivity contribution in [2.24, 2.45) is 5.92 Å². The van der Waals surface area contributed by atoms with Crippen molar-refractivity contribution in [1.29, 1.82) is 0 Å². The molecular formula is C31H35ClN4O5. The average Bonchev–Trinajstić information content (AvgIpc) is 3.29. The molecule has 3 atom stereocenters. The minimum absolute atomic E-state index is 0.206. The van der Waals surface area contributed by atoms with E-state index in [2.05, 4.69) is 10.3 Å². The number of benzene rings is 2. The molecule has 10 heteroatoms. The van der Waals surface area contributed by atoms with Crippen molar-refractivity contribution in [1.82, 2.24) is 20.2 Å². The van der Waals surface area contributed by atoms with E-state index < -0.39 is 18.1 Å². The number of aromatic nitrogens is 2. The van der Waals surface area contributed by atoms with E-state index >= 15 is 0 Å². The molecule has 2 amide bonds. The number of rotatable bonds is 9. The molecule has 0 radical (unpaired) electrons. The number of aliphatic hydroxyl groups excluding tert-OH is 1. The summed E-state index contributed by atoms with van der Waals surface area (Å²) in [4.78, 5) is 37.6. The number of ether oxygens (including phenoxy) is 2. The first kappa shape index (κ1) is 29.0. The molecule has 0 unspecified atom stereocenters. The molecule has 0 saturated carbocycles. The van der Waals surface area contributed by atoms with Crippen molar-refractivity contribution in [3.63, 3.8) is 0 Å². The topological polar surface area (TPSA) is 114 Å². The first-order valence-corrected chi connectivity index (χ1v) is 14.3. The van der Waals surface area contributed by atoms with Gasteiger partial charge in [0.25, 0.3) is 5.91 Å². The smallest absolute Gasteiger partial charge is 0.255 e. The van der Waals surface area contributed by atoms with Gasteiger partial charge in [0.05, 0.1) is 30.0 Å². The number of amides is 2. The first-order valence-electron chi connectivity index (χ1n) is 13.9. The van der Waals surface area contributed by atoms with Gasteiger partial charge in [0.15, 0.2) is 0 Å². The summed E-state index contributed by atoms with van der Waals surface area (Å²) in [6, 6.07) is 11.5. The van der Waals surface area contributed by atoms with Gasteiger partial charge in [-0.2, -0.15) is 0 Å². The molecule has 0 aliphatic carbocycles. The van der Waals surface area contributed by atoms with Crippen molar-refractivity contribution in [3.8, 4) is 17.0 Å². The Kier molecular flexibility index (Phi) is 8.87. The van der Waals surface area contributed by atoms with E-state index in [0.717, 1.165) is 43.6 Å². The van der Waals surface area contributed by atoms with E-state index in [0.29, 0.717) is 39.3 Å². The number of aliphatic hydroxyl groups is 1. The number of nitrogens with one attached hydrogen (secondary N) is 1. The third-order valence-corrected chi connectivity index (χ3v) is 8.11. The van der Waals surface area contributed by atoms with Crippen LogP contribution in [0.2, 0.25) is 5.02 Å². The number of hydrogen-bond acceptors (Lipinski definition) is 7. The summed E-state index contributed by atoms with van der Waals surface area (Å²) in [5.74, 6) is 1.08. The fourth-order valence-electron chi connectivity index (χ4n) is 5.52. The van der Waals surface area contributed by atoms with Gasteiger partial charge < -0.3 is 24.8 Å². The number of carbonyl (C=O) groups excluding carboxylic acids is 2. The lowest BCUT2D eigenvalue weighted by Gasteiger charge is -2.30. The molecule has 2 aliphatic rings. The molecule has 1 saturated heterocycles. The zero-order valence-electron chi connectivity index (χ0n) is 23.5. The minimum atomic E-state index is -1.09. The van der Waals surface area contributed by atoms with Crippen molar-refractivity contribution in [2.45, 2.75) is 57.8 Å². The summed E-state index contributed by atoms with van der Waals surface area (Å²) in [6.45, 7) is 5.07. The van der Waals surface area contributed by atoms with Crippen LogP contribution in [0.4, 0.5) is 0 Å². The molecule has 3 heterocycles. The fraction of sp³-hybridized carbons (Fsp3) is 0.419. The number of nitrogens with zero attached hydrogens (tertiary/aromatic N) is 3. The van der Waals surface area contributed by atoms with E-state index in [1.807, 2.05) is 43.3 Å². The standard InChI is InChI=1S/C31H35ClN4O5/c1-18(21-5-4-6-24(14-21)40-3)34-30(38)29(19(2)37)36-17-23-8-7-22(15-25(23)31(36)39)28-26(32)16-33-27(35-28)13-20-9-11-41-12-10-20/h4-8,14-16,18-20,29,37H,9-13,17H2,1-3H3,(H,34,38)/t18-,19+,29-/m1/s1. The van der Waals surface area contributed by atoms with Crippen LogP contribution in [0, 0.1) is 5.92 Å². The highest BCUT2D eigenvalue weighted by Gasteiger charge is 2.39. The van der Waals surface area contributed by atoms with Crippen molar-refractivity contribution < 1.29 is 24.2 Å². The number of carbonyl (C=O) groups is 2. The van der Waals surface area contributed by atoms with Gasteiger partial charge in [-0.3, -0.25) is 9.59 Å². The Morgan fingerprint density at radius 3 is 2.73 bits per heavy atom. The third-order valence-electron chi connectivity index (χ3n) is 7.84. The predicted octanol–water partition coefficient (Wildman–Crippen LogP) is 4.36. The molecular weight excluding hydrogens is 544 g/mol. The number of hydrogen-bond donors (Lipinski definition) is 2. The Bertz CT molecular complexity index is 1430. The molecule has 0 spiro atoms. The van der Waals surface area contributed by atoms with Crippen LogP contribution in [0.25, 0.3) is 11.3 Å². The highest BCUT2D eigenvalue weighted by Crippen LogP contribution is 2.33. The first-order chi connectivity index (χ1) is 19.7. The molecule has 1 fully saturated rings. The molecule has 1 aromatic heterocycles. The quantitative estimate of drug-likeness (QED) is 0.388. The summed E-state index contributed by atoms with van der Waals surface area (Å²) >= 11 is 6.51. The van der Waals surface area contributed by atoms with Crippen molar-refractivity contribution >= 4 is 23.4 Å². The second-order valence-electron chi connectivity index (χ2n) is 10.7. The average molecular weight is 579 g/mol. The molecule has 41 heavy (non-hydrogen) atoms. The van der Waals surface area contributed by atoms with Crippen LogP contribution in [-0.2, 0) is 22.5 Å². The maximum Gasteiger partial charge on any atom is 0.255 e. The zero-order valence-corrected chi connectivity index (χ0v) is 24.2. The molecule has 9 nitrogen and oxygen atoms in total. The molecule has 0 bridgehead atoms. The Balaban J connectivity index is 1.34. The summed E-state index contributed by atoms with van der Waals surface area (Å²) in [5.41, 5.74) is 3.34. The number of methoxy groups -OCH3 is 1. The van der Waals surface area contributed by atoms with Crippen LogP contribution in [0.15, 0.2) is 48.7 Å². The Labute approximate surface area is 244 Å². The van der Waals surface area contributed by atoms with Crippen molar-refractivity contribution in [3.05, 3.63) is 76.2 Å². The van der Waals surface area contributed by atoms with Gasteiger partial charge in [-0.25, -0.2) is 9.97 Å². The largest absolute Gasteiger partial charge is 0.497 e. The molecule has 3 aromatic rings. The maximum atomic E-state index is 13.6. The van der Waals surface area contributed by atoms with E-state index in [1.165, 1.54) is 11.8 Å². The van der Waals surface area contributed by atoms with Crippen molar-refractivity contribution in [2.75, 3.05) is 20.3 Å². The van der Waals surface area contributed by atoms with Gasteiger partial charge >= 0.3 is 0 Å². The van der Waals surface area contributed by atoms with E-state index in [9.17, 15) is 14.7 Å². The van der Waals surface area contributed by atoms with E-state index in [-0.39, 0.29) is 18.5 Å². The second kappa shape index (κ2) is 12.5. The molecule has 216 valence electrons. The normalized spacial score (nSPS) is 17.6. The molecule has 2 N–H and O–H groups in total. The summed E-state index contributed by atoms with van der Waals surface area (Å²) < 4.78 is 10.8. The van der Waals surface area contributed by atoms with E-state index in [1.54, 1.807) is 19.4 Å². The van der Waals surface area contributed by atoms with Gasteiger partial charge in [-0.1, -0.05) is 35.9 Å². The van der Waals surface area contributed by atoms with Gasteiger partial charge in [0.2, 0.25) is 5.91 Å². The maximum absolute atomic E-state index is 13.6. The lowest BCUT2D eigenvalue weighted by molar-refractivity contribution is -0.129. The lowest BCUT2D eigenvalue weighted by Crippen LogP contribution is -2.53. The Hall–Kier alpha value is -3.53. The summed E-state index contributed by atoms with van der Waals surface area (Å²) in [5, 5.41) is 14.0. The van der Waals surface area contributed by atoms with Gasteiger partial charge in [0, 0.05) is 43.5 Å². The van der Waals surface area contributed by atoms with Crippen LogP contribution in [0.1, 0.15) is 60.0 Å².